The molecule has 1 aliphatic carbocycles. The van der Waals surface area contributed by atoms with Gasteiger partial charge in [0.25, 0.3) is 0 Å². The Morgan fingerprint density at radius 1 is 1.50 bits per heavy atom. The van der Waals surface area contributed by atoms with Crippen molar-refractivity contribution in [2.75, 3.05) is 0 Å². The largest absolute Gasteiger partial charge is 0.465 e. The van der Waals surface area contributed by atoms with Crippen LogP contribution in [0.1, 0.15) is 12.8 Å². The van der Waals surface area contributed by atoms with Crippen LogP contribution >= 0.6 is 0 Å². The second kappa shape index (κ2) is 2.21. The molecule has 0 N–H and O–H groups in total. The summed E-state index contributed by atoms with van der Waals surface area (Å²) in [6.45, 7) is 0. The minimum atomic E-state index is 0.980. The van der Waals surface area contributed by atoms with Gasteiger partial charge in [0.05, 0.1) is 6.20 Å². The van der Waals surface area contributed by atoms with Crippen molar-refractivity contribution >= 4 is 0 Å². The molecule has 2 rings (SSSR count). The third kappa shape index (κ3) is 0.817. The van der Waals surface area contributed by atoms with E-state index in [-0.39, 0.29) is 0 Å². The fraction of sp³-hybridized carbons (Fsp3) is 0.250. The van der Waals surface area contributed by atoms with Crippen LogP contribution in [0.3, 0.4) is 0 Å². The zero-order valence-electron chi connectivity index (χ0n) is 5.58. The topological polar surface area (TPSA) is 23.3 Å². The molecule has 0 atom stereocenters. The maximum Gasteiger partial charge on any atom is 0.129 e. The molecule has 51 valence electrons. The van der Waals surface area contributed by atoms with Crippen molar-refractivity contribution in [2.45, 2.75) is 12.8 Å². The molecule has 0 aromatic rings. The lowest BCUT2D eigenvalue weighted by molar-refractivity contribution is 0.314. The normalized spacial score (nSPS) is 21.6. The third-order valence-electron chi connectivity index (χ3n) is 1.58. The van der Waals surface area contributed by atoms with Crippen LogP contribution in [-0.4, -0.2) is 0 Å². The number of rotatable bonds is 0. The van der Waals surface area contributed by atoms with Crippen LogP contribution in [0.4, 0.5) is 0 Å². The van der Waals surface area contributed by atoms with E-state index in [1.165, 1.54) is 0 Å². The predicted molar refractivity (Wildman–Crippen MR) is 37.8 cm³/mol. The number of hydrogen-bond donors (Lipinski definition) is 0. The molecule has 0 bridgehead atoms. The summed E-state index contributed by atoms with van der Waals surface area (Å²) in [6, 6.07) is 0. The van der Waals surface area contributed by atoms with Gasteiger partial charge in [0.2, 0.25) is 0 Å². The average Bonchev–Trinajstić information content (AvgIpc) is 2.05. The van der Waals surface area contributed by atoms with Gasteiger partial charge in [0.15, 0.2) is 0 Å². The summed E-state index contributed by atoms with van der Waals surface area (Å²) in [7, 11) is 0. The quantitative estimate of drug-likeness (QED) is 0.494. The molecule has 0 saturated carbocycles. The van der Waals surface area contributed by atoms with Crippen LogP contribution in [0, 0.1) is 0 Å². The molecular weight excluding hydrogens is 126 g/mol. The van der Waals surface area contributed by atoms with Gasteiger partial charge in [-0.2, -0.15) is 0 Å². The van der Waals surface area contributed by atoms with Crippen molar-refractivity contribution in [1.82, 2.24) is 5.32 Å². The highest BCUT2D eigenvalue weighted by Crippen LogP contribution is 2.21. The first kappa shape index (κ1) is 5.59. The van der Waals surface area contributed by atoms with Gasteiger partial charge in [-0.25, -0.2) is 0 Å². The molecule has 2 heteroatoms. The standard InChI is InChI=1S/C8H8NO/c1-2-4-8-7(3-1)9-5-6-10-8/h1,3,5-6H,2,4H2. The van der Waals surface area contributed by atoms with E-state index in [0.717, 1.165) is 24.3 Å². The van der Waals surface area contributed by atoms with Crippen LogP contribution in [0.5, 0.6) is 0 Å². The Labute approximate surface area is 59.9 Å². The van der Waals surface area contributed by atoms with Gasteiger partial charge in [-0.05, 0) is 12.5 Å². The van der Waals surface area contributed by atoms with E-state index in [1.807, 2.05) is 6.08 Å². The highest BCUT2D eigenvalue weighted by molar-refractivity contribution is 5.27. The Bertz CT molecular complexity index is 225. The minimum Gasteiger partial charge on any atom is -0.465 e. The lowest BCUT2D eigenvalue weighted by atomic mass is 10.1. The summed E-state index contributed by atoms with van der Waals surface area (Å²) in [5, 5.41) is 4.14. The van der Waals surface area contributed by atoms with Gasteiger partial charge >= 0.3 is 0 Å². The SMILES string of the molecule is C1=CC2=C(CC1)OC=C[N]2. The van der Waals surface area contributed by atoms with E-state index in [9.17, 15) is 0 Å². The van der Waals surface area contributed by atoms with Gasteiger partial charge in [0, 0.05) is 6.42 Å². The lowest BCUT2D eigenvalue weighted by Crippen LogP contribution is -2.07. The van der Waals surface area contributed by atoms with Crippen LogP contribution in [0.25, 0.3) is 0 Å². The molecule has 0 spiro atoms. The first-order valence-electron chi connectivity index (χ1n) is 3.39. The summed E-state index contributed by atoms with van der Waals surface area (Å²) < 4.78 is 5.24. The molecule has 0 saturated heterocycles. The van der Waals surface area contributed by atoms with Gasteiger partial charge in [-0.15, -0.1) is 0 Å². The number of allylic oxidation sites excluding steroid dienone is 3. The second-order valence-electron chi connectivity index (χ2n) is 2.28. The Kier molecular flexibility index (Phi) is 1.24. The average molecular weight is 134 g/mol. The molecule has 1 aliphatic heterocycles. The van der Waals surface area contributed by atoms with Gasteiger partial charge < -0.3 is 4.74 Å². The Balaban J connectivity index is 2.25. The smallest absolute Gasteiger partial charge is 0.129 e. The molecule has 0 unspecified atom stereocenters. The van der Waals surface area contributed by atoms with Crippen molar-refractivity contribution < 1.29 is 4.74 Å². The molecule has 0 aromatic carbocycles. The molecule has 1 heterocycles. The Morgan fingerprint density at radius 2 is 2.50 bits per heavy atom. The van der Waals surface area contributed by atoms with Crippen molar-refractivity contribution in [2.24, 2.45) is 0 Å². The zero-order chi connectivity index (χ0) is 6.81. The summed E-state index contributed by atoms with van der Waals surface area (Å²) in [5.74, 6) is 1.00. The van der Waals surface area contributed by atoms with Crippen LogP contribution in [0.15, 0.2) is 36.1 Å². The van der Waals surface area contributed by atoms with E-state index in [2.05, 4.69) is 11.4 Å². The second-order valence-corrected chi connectivity index (χ2v) is 2.28. The Morgan fingerprint density at radius 3 is 3.40 bits per heavy atom. The summed E-state index contributed by atoms with van der Waals surface area (Å²) in [4.78, 5) is 0. The lowest BCUT2D eigenvalue weighted by Gasteiger charge is -2.15. The number of hydrogen-bond acceptors (Lipinski definition) is 1. The van der Waals surface area contributed by atoms with Gasteiger partial charge in [-0.3, -0.25) is 5.32 Å². The number of nitrogens with zero attached hydrogens (tertiary/aromatic N) is 1. The predicted octanol–water partition coefficient (Wildman–Crippen LogP) is 1.65. The van der Waals surface area contributed by atoms with E-state index >= 15 is 0 Å². The maximum atomic E-state index is 5.24. The summed E-state index contributed by atoms with van der Waals surface area (Å²) >= 11 is 0. The fourth-order valence-corrected chi connectivity index (χ4v) is 1.09. The molecule has 0 fully saturated rings. The van der Waals surface area contributed by atoms with Crippen molar-refractivity contribution in [1.29, 1.82) is 0 Å². The summed E-state index contributed by atoms with van der Waals surface area (Å²) in [5.41, 5.74) is 0.980. The van der Waals surface area contributed by atoms with E-state index in [1.54, 1.807) is 12.5 Å². The van der Waals surface area contributed by atoms with Crippen LogP contribution in [-0.2, 0) is 4.74 Å². The van der Waals surface area contributed by atoms with Crippen LogP contribution in [0.2, 0.25) is 0 Å². The maximum absolute atomic E-state index is 5.24. The molecular formula is C8H8NO. The number of ether oxygens (including phenoxy) is 1. The van der Waals surface area contributed by atoms with Crippen molar-refractivity contribution in [3.05, 3.63) is 36.1 Å². The van der Waals surface area contributed by atoms with Gasteiger partial charge in [0.1, 0.15) is 17.7 Å². The molecule has 2 nitrogen and oxygen atoms in total. The Hall–Kier alpha value is -1.18. The molecule has 10 heavy (non-hydrogen) atoms. The highest BCUT2D eigenvalue weighted by atomic mass is 16.5. The fourth-order valence-electron chi connectivity index (χ4n) is 1.09. The molecule has 2 aliphatic rings. The van der Waals surface area contributed by atoms with Crippen molar-refractivity contribution in [3.8, 4) is 0 Å². The molecule has 0 amide bonds. The monoisotopic (exact) mass is 134 g/mol. The third-order valence-corrected chi connectivity index (χ3v) is 1.58. The minimum absolute atomic E-state index is 0.980. The highest BCUT2D eigenvalue weighted by Gasteiger charge is 2.11. The van der Waals surface area contributed by atoms with E-state index < -0.39 is 0 Å². The van der Waals surface area contributed by atoms with E-state index in [0.29, 0.717) is 0 Å². The zero-order valence-corrected chi connectivity index (χ0v) is 5.58. The first-order valence-corrected chi connectivity index (χ1v) is 3.39. The van der Waals surface area contributed by atoms with Crippen LogP contribution < -0.4 is 5.32 Å². The van der Waals surface area contributed by atoms with Gasteiger partial charge in [-0.1, -0.05) is 6.08 Å². The summed E-state index contributed by atoms with van der Waals surface area (Å²) in [6.07, 6.45) is 9.47. The molecule has 1 radical (unpaired) electrons. The van der Waals surface area contributed by atoms with E-state index in [4.69, 9.17) is 4.74 Å². The van der Waals surface area contributed by atoms with Crippen molar-refractivity contribution in [3.63, 3.8) is 0 Å². The molecule has 0 aromatic heterocycles. The first-order chi connectivity index (χ1) is 4.97.